The Labute approximate surface area is 129 Å². The molecule has 0 aliphatic carbocycles. The van der Waals surface area contributed by atoms with Crippen molar-refractivity contribution in [1.82, 2.24) is 4.90 Å². The summed E-state index contributed by atoms with van der Waals surface area (Å²) in [6, 6.07) is 4.06. The molecule has 0 saturated carbocycles. The van der Waals surface area contributed by atoms with Crippen molar-refractivity contribution in [3.8, 4) is 0 Å². The molecular weight excluding hydrogens is 321 g/mol. The lowest BCUT2D eigenvalue weighted by molar-refractivity contribution is 0.0774. The first-order valence-electron chi connectivity index (χ1n) is 6.16. The lowest BCUT2D eigenvalue weighted by Gasteiger charge is -2.21. The fourth-order valence-electron chi connectivity index (χ4n) is 1.72. The second-order valence-corrected chi connectivity index (χ2v) is 7.72. The van der Waals surface area contributed by atoms with E-state index in [1.807, 2.05) is 13.8 Å². The van der Waals surface area contributed by atoms with Gasteiger partial charge in [0.15, 0.2) is 0 Å². The van der Waals surface area contributed by atoms with E-state index in [4.69, 9.17) is 22.3 Å². The van der Waals surface area contributed by atoms with Gasteiger partial charge in [-0.05, 0) is 24.1 Å². The SMILES string of the molecule is CCC(C)CN(C)C(=O)c1ccc(Cl)c(S(=O)(=O)Cl)c1. The van der Waals surface area contributed by atoms with Crippen LogP contribution < -0.4 is 0 Å². The van der Waals surface area contributed by atoms with Gasteiger partial charge in [0.1, 0.15) is 4.90 Å². The summed E-state index contributed by atoms with van der Waals surface area (Å²) >= 11 is 5.78. The van der Waals surface area contributed by atoms with Crippen LogP contribution in [0.15, 0.2) is 23.1 Å². The van der Waals surface area contributed by atoms with E-state index >= 15 is 0 Å². The minimum absolute atomic E-state index is 0.00105. The molecule has 0 spiro atoms. The van der Waals surface area contributed by atoms with Crippen molar-refractivity contribution in [1.29, 1.82) is 0 Å². The number of hydrogen-bond acceptors (Lipinski definition) is 3. The normalized spacial score (nSPS) is 13.1. The number of carbonyl (C=O) groups is 1. The van der Waals surface area contributed by atoms with Crippen molar-refractivity contribution in [2.75, 3.05) is 13.6 Å². The lowest BCUT2D eigenvalue weighted by atomic mass is 10.1. The minimum Gasteiger partial charge on any atom is -0.341 e. The maximum atomic E-state index is 12.2. The van der Waals surface area contributed by atoms with Gasteiger partial charge in [0, 0.05) is 29.8 Å². The summed E-state index contributed by atoms with van der Waals surface area (Å²) in [4.78, 5) is 13.5. The Morgan fingerprint density at radius 1 is 1.40 bits per heavy atom. The second kappa shape index (κ2) is 6.78. The van der Waals surface area contributed by atoms with Gasteiger partial charge in [-0.1, -0.05) is 31.9 Å². The summed E-state index contributed by atoms with van der Waals surface area (Å²) < 4.78 is 22.8. The van der Waals surface area contributed by atoms with E-state index < -0.39 is 9.05 Å². The summed E-state index contributed by atoms with van der Waals surface area (Å²) in [7, 11) is 2.99. The Kier molecular flexibility index (Phi) is 5.86. The third-order valence-electron chi connectivity index (χ3n) is 3.07. The molecule has 0 N–H and O–H groups in total. The van der Waals surface area contributed by atoms with Gasteiger partial charge < -0.3 is 4.90 Å². The molecule has 1 rings (SSSR count). The molecule has 0 aliphatic heterocycles. The van der Waals surface area contributed by atoms with E-state index in [1.54, 1.807) is 11.9 Å². The number of amides is 1. The van der Waals surface area contributed by atoms with E-state index in [0.29, 0.717) is 12.5 Å². The zero-order valence-corrected chi connectivity index (χ0v) is 13.9. The molecule has 1 aromatic rings. The van der Waals surface area contributed by atoms with Crippen LogP contribution in [-0.2, 0) is 9.05 Å². The highest BCUT2D eigenvalue weighted by Gasteiger charge is 2.20. The van der Waals surface area contributed by atoms with Gasteiger partial charge in [0.25, 0.3) is 15.0 Å². The van der Waals surface area contributed by atoms with Gasteiger partial charge in [-0.2, -0.15) is 0 Å². The number of carbonyl (C=O) groups excluding carboxylic acids is 1. The smallest absolute Gasteiger partial charge is 0.262 e. The zero-order valence-electron chi connectivity index (χ0n) is 11.6. The van der Waals surface area contributed by atoms with Crippen molar-refractivity contribution in [2.45, 2.75) is 25.2 Å². The van der Waals surface area contributed by atoms with Crippen LogP contribution in [0, 0.1) is 5.92 Å². The van der Waals surface area contributed by atoms with E-state index in [2.05, 4.69) is 0 Å². The highest BCUT2D eigenvalue weighted by molar-refractivity contribution is 8.13. The Balaban J connectivity index is 3.06. The van der Waals surface area contributed by atoms with Crippen molar-refractivity contribution in [2.24, 2.45) is 5.92 Å². The van der Waals surface area contributed by atoms with E-state index in [0.717, 1.165) is 6.42 Å². The van der Waals surface area contributed by atoms with Gasteiger partial charge >= 0.3 is 0 Å². The highest BCUT2D eigenvalue weighted by atomic mass is 35.7. The number of benzene rings is 1. The van der Waals surface area contributed by atoms with Crippen LogP contribution in [0.2, 0.25) is 5.02 Å². The monoisotopic (exact) mass is 337 g/mol. The molecule has 0 saturated heterocycles. The van der Waals surface area contributed by atoms with Crippen molar-refractivity contribution in [3.63, 3.8) is 0 Å². The number of nitrogens with zero attached hydrogens (tertiary/aromatic N) is 1. The van der Waals surface area contributed by atoms with Crippen LogP contribution in [0.1, 0.15) is 30.6 Å². The summed E-state index contributed by atoms with van der Waals surface area (Å²) in [5.74, 6) is 0.107. The van der Waals surface area contributed by atoms with Gasteiger partial charge in [-0.3, -0.25) is 4.79 Å². The largest absolute Gasteiger partial charge is 0.341 e. The molecule has 0 fully saturated rings. The van der Waals surface area contributed by atoms with E-state index in [1.165, 1.54) is 18.2 Å². The lowest BCUT2D eigenvalue weighted by Crippen LogP contribution is -2.31. The van der Waals surface area contributed by atoms with Gasteiger partial charge in [-0.15, -0.1) is 0 Å². The maximum Gasteiger partial charge on any atom is 0.262 e. The predicted molar refractivity (Wildman–Crippen MR) is 80.9 cm³/mol. The molecular formula is C13H17Cl2NO3S. The Morgan fingerprint density at radius 2 is 2.00 bits per heavy atom. The summed E-state index contributed by atoms with van der Waals surface area (Å²) in [6.07, 6.45) is 0.958. The predicted octanol–water partition coefficient (Wildman–Crippen LogP) is 3.39. The molecule has 1 amide bonds. The summed E-state index contributed by atoms with van der Waals surface area (Å²) in [6.45, 7) is 4.69. The second-order valence-electron chi connectivity index (χ2n) is 4.78. The average molecular weight is 338 g/mol. The fourth-order valence-corrected chi connectivity index (χ4v) is 3.22. The Morgan fingerprint density at radius 3 is 2.50 bits per heavy atom. The van der Waals surface area contributed by atoms with Gasteiger partial charge in [0.2, 0.25) is 0 Å². The molecule has 1 atom stereocenters. The highest BCUT2D eigenvalue weighted by Crippen LogP contribution is 2.26. The molecule has 0 aromatic heterocycles. The fraction of sp³-hybridized carbons (Fsp3) is 0.462. The number of hydrogen-bond donors (Lipinski definition) is 0. The van der Waals surface area contributed by atoms with Gasteiger partial charge in [0.05, 0.1) is 5.02 Å². The first kappa shape index (κ1) is 17.3. The van der Waals surface area contributed by atoms with Crippen LogP contribution in [0.3, 0.4) is 0 Å². The van der Waals surface area contributed by atoms with Crippen LogP contribution in [0.25, 0.3) is 0 Å². The molecule has 0 heterocycles. The first-order chi connectivity index (χ1) is 9.16. The molecule has 7 heteroatoms. The van der Waals surface area contributed by atoms with Crippen molar-refractivity contribution in [3.05, 3.63) is 28.8 Å². The van der Waals surface area contributed by atoms with Crippen LogP contribution in [-0.4, -0.2) is 32.8 Å². The van der Waals surface area contributed by atoms with Gasteiger partial charge in [-0.25, -0.2) is 8.42 Å². The molecule has 20 heavy (non-hydrogen) atoms. The number of rotatable bonds is 5. The molecule has 0 aliphatic rings. The summed E-state index contributed by atoms with van der Waals surface area (Å²) in [5.41, 5.74) is 0.249. The van der Waals surface area contributed by atoms with Crippen molar-refractivity contribution < 1.29 is 13.2 Å². The first-order valence-corrected chi connectivity index (χ1v) is 8.85. The van der Waals surface area contributed by atoms with Crippen LogP contribution in [0.5, 0.6) is 0 Å². The van der Waals surface area contributed by atoms with Crippen LogP contribution >= 0.6 is 22.3 Å². The molecule has 112 valence electrons. The maximum absolute atomic E-state index is 12.2. The molecule has 1 unspecified atom stereocenters. The van der Waals surface area contributed by atoms with Crippen molar-refractivity contribution >= 4 is 37.2 Å². The Hall–Kier alpha value is -0.780. The standard InChI is InChI=1S/C13H17Cl2NO3S/c1-4-9(2)8-16(3)13(17)10-5-6-11(14)12(7-10)20(15,18)19/h5-7,9H,4,8H2,1-3H3. The molecule has 0 bridgehead atoms. The molecule has 1 aromatic carbocycles. The number of halogens is 2. The van der Waals surface area contributed by atoms with E-state index in [-0.39, 0.29) is 21.4 Å². The Bertz CT molecular complexity index is 602. The minimum atomic E-state index is -3.97. The third kappa shape index (κ3) is 4.36. The average Bonchev–Trinajstić information content (AvgIpc) is 2.36. The molecule has 0 radical (unpaired) electrons. The quantitative estimate of drug-likeness (QED) is 0.774. The topological polar surface area (TPSA) is 54.5 Å². The van der Waals surface area contributed by atoms with E-state index in [9.17, 15) is 13.2 Å². The summed E-state index contributed by atoms with van der Waals surface area (Å²) in [5, 5.41) is 0.00105. The zero-order chi connectivity index (χ0) is 15.5. The van der Waals surface area contributed by atoms with Crippen LogP contribution in [0.4, 0.5) is 0 Å². The third-order valence-corrected chi connectivity index (χ3v) is 4.87. The molecule has 4 nitrogen and oxygen atoms in total.